The molecule has 17 heavy (non-hydrogen) atoms. The molecule has 2 unspecified atom stereocenters. The van der Waals surface area contributed by atoms with Crippen molar-refractivity contribution in [1.82, 2.24) is 15.1 Å². The Bertz CT molecular complexity index is 314. The first kappa shape index (κ1) is 14.0. The number of aromatic nitrogens is 2. The number of nitrogens with one attached hydrogen (secondary N) is 1. The van der Waals surface area contributed by atoms with Gasteiger partial charge < -0.3 is 10.1 Å². The van der Waals surface area contributed by atoms with Gasteiger partial charge in [-0.1, -0.05) is 20.8 Å². The molecule has 2 atom stereocenters. The summed E-state index contributed by atoms with van der Waals surface area (Å²) in [5, 5.41) is 7.76. The molecule has 4 heteroatoms. The van der Waals surface area contributed by atoms with Crippen LogP contribution in [0.4, 0.5) is 0 Å². The molecule has 0 aliphatic rings. The van der Waals surface area contributed by atoms with Crippen molar-refractivity contribution in [2.75, 3.05) is 20.2 Å². The monoisotopic (exact) mass is 239 g/mol. The van der Waals surface area contributed by atoms with Gasteiger partial charge in [-0.3, -0.25) is 4.68 Å². The van der Waals surface area contributed by atoms with Crippen LogP contribution in [0.2, 0.25) is 0 Å². The van der Waals surface area contributed by atoms with Gasteiger partial charge in [0.15, 0.2) is 5.75 Å². The van der Waals surface area contributed by atoms with Crippen LogP contribution < -0.4 is 10.1 Å². The maximum atomic E-state index is 5.40. The summed E-state index contributed by atoms with van der Waals surface area (Å²) in [5.41, 5.74) is 1.21. The van der Waals surface area contributed by atoms with Crippen molar-refractivity contribution in [1.29, 1.82) is 0 Å². The lowest BCUT2D eigenvalue weighted by molar-refractivity contribution is 0.379. The molecule has 0 aromatic carbocycles. The summed E-state index contributed by atoms with van der Waals surface area (Å²) in [6.07, 6.45) is 1.81. The van der Waals surface area contributed by atoms with Crippen molar-refractivity contribution in [3.05, 3.63) is 11.9 Å². The van der Waals surface area contributed by atoms with Crippen molar-refractivity contribution in [3.63, 3.8) is 0 Å². The van der Waals surface area contributed by atoms with Crippen LogP contribution >= 0.6 is 0 Å². The zero-order chi connectivity index (χ0) is 12.8. The van der Waals surface area contributed by atoms with Crippen molar-refractivity contribution in [2.45, 2.75) is 40.2 Å². The van der Waals surface area contributed by atoms with Crippen LogP contribution in [0.1, 0.15) is 39.3 Å². The van der Waals surface area contributed by atoms with E-state index >= 15 is 0 Å². The molecule has 1 N–H and O–H groups in total. The number of hydrogen-bond acceptors (Lipinski definition) is 3. The number of ether oxygens (including phenoxy) is 1. The van der Waals surface area contributed by atoms with Crippen LogP contribution in [-0.2, 0) is 6.54 Å². The van der Waals surface area contributed by atoms with E-state index in [4.69, 9.17) is 4.74 Å². The summed E-state index contributed by atoms with van der Waals surface area (Å²) in [6, 6.07) is 0. The van der Waals surface area contributed by atoms with E-state index in [-0.39, 0.29) is 0 Å². The van der Waals surface area contributed by atoms with Gasteiger partial charge in [0.25, 0.3) is 0 Å². The second-order valence-electron chi connectivity index (χ2n) is 4.49. The topological polar surface area (TPSA) is 39.1 Å². The molecule has 0 amide bonds. The Morgan fingerprint density at radius 3 is 2.65 bits per heavy atom. The number of nitrogens with zero attached hydrogens (tertiary/aromatic N) is 2. The van der Waals surface area contributed by atoms with Gasteiger partial charge in [-0.15, -0.1) is 0 Å². The Kier molecular flexibility index (Phi) is 5.48. The van der Waals surface area contributed by atoms with Crippen molar-refractivity contribution in [2.24, 2.45) is 5.92 Å². The summed E-state index contributed by atoms with van der Waals surface area (Å²) in [7, 11) is 1.71. The van der Waals surface area contributed by atoms with Gasteiger partial charge in [-0.25, -0.2) is 0 Å². The standard InChI is InChI=1S/C13H25N3O/c1-6-14-8-10(3)11(4)13-12(17-5)9-15-16(13)7-2/h9-11,14H,6-8H2,1-5H3. The third kappa shape index (κ3) is 3.22. The Balaban J connectivity index is 2.85. The van der Waals surface area contributed by atoms with E-state index in [0.29, 0.717) is 11.8 Å². The van der Waals surface area contributed by atoms with Gasteiger partial charge in [0, 0.05) is 12.5 Å². The smallest absolute Gasteiger partial charge is 0.160 e. The van der Waals surface area contributed by atoms with E-state index in [1.54, 1.807) is 7.11 Å². The summed E-state index contributed by atoms with van der Waals surface area (Å²) in [6.45, 7) is 11.7. The Morgan fingerprint density at radius 2 is 2.12 bits per heavy atom. The van der Waals surface area contributed by atoms with E-state index in [9.17, 15) is 0 Å². The van der Waals surface area contributed by atoms with Crippen LogP contribution in [0.25, 0.3) is 0 Å². The molecule has 0 aliphatic heterocycles. The lowest BCUT2D eigenvalue weighted by atomic mass is 9.92. The SMILES string of the molecule is CCNCC(C)C(C)c1c(OC)cnn1CC. The molecular formula is C13H25N3O. The Labute approximate surface area is 104 Å². The second kappa shape index (κ2) is 6.64. The maximum absolute atomic E-state index is 5.40. The molecule has 98 valence electrons. The van der Waals surface area contributed by atoms with Gasteiger partial charge in [-0.05, 0) is 25.9 Å². The van der Waals surface area contributed by atoms with Crippen LogP contribution in [0.3, 0.4) is 0 Å². The fourth-order valence-electron chi connectivity index (χ4n) is 2.06. The summed E-state index contributed by atoms with van der Waals surface area (Å²) in [5.74, 6) is 1.90. The van der Waals surface area contributed by atoms with E-state index < -0.39 is 0 Å². The predicted octanol–water partition coefficient (Wildman–Crippen LogP) is 2.26. The van der Waals surface area contributed by atoms with Crippen molar-refractivity contribution < 1.29 is 4.74 Å². The first-order valence-electron chi connectivity index (χ1n) is 6.46. The molecule has 0 aliphatic carbocycles. The zero-order valence-corrected chi connectivity index (χ0v) is 11.7. The predicted molar refractivity (Wildman–Crippen MR) is 70.6 cm³/mol. The molecule has 1 heterocycles. The molecule has 4 nitrogen and oxygen atoms in total. The molecule has 0 saturated heterocycles. The molecule has 0 fully saturated rings. The van der Waals surface area contributed by atoms with Gasteiger partial charge in [0.05, 0.1) is 19.0 Å². The average Bonchev–Trinajstić information content (AvgIpc) is 2.77. The molecule has 0 saturated carbocycles. The normalized spacial score (nSPS) is 14.6. The minimum Gasteiger partial charge on any atom is -0.493 e. The Morgan fingerprint density at radius 1 is 1.41 bits per heavy atom. The fourth-order valence-corrected chi connectivity index (χ4v) is 2.06. The average molecular weight is 239 g/mol. The number of aryl methyl sites for hydroxylation is 1. The summed E-state index contributed by atoms with van der Waals surface area (Å²) >= 11 is 0. The highest BCUT2D eigenvalue weighted by atomic mass is 16.5. The molecule has 1 aromatic heterocycles. The number of hydrogen-bond donors (Lipinski definition) is 1. The van der Waals surface area contributed by atoms with Crippen LogP contribution in [0.15, 0.2) is 6.20 Å². The zero-order valence-electron chi connectivity index (χ0n) is 11.7. The van der Waals surface area contributed by atoms with Gasteiger partial charge in [0.1, 0.15) is 0 Å². The molecule has 0 bridgehead atoms. The fraction of sp³-hybridized carbons (Fsp3) is 0.769. The van der Waals surface area contributed by atoms with Crippen LogP contribution in [0, 0.1) is 5.92 Å². The largest absolute Gasteiger partial charge is 0.493 e. The summed E-state index contributed by atoms with van der Waals surface area (Å²) in [4.78, 5) is 0. The van der Waals surface area contributed by atoms with Crippen LogP contribution in [0.5, 0.6) is 5.75 Å². The van der Waals surface area contributed by atoms with E-state index in [1.165, 1.54) is 5.69 Å². The lowest BCUT2D eigenvalue weighted by Gasteiger charge is -2.22. The molecular weight excluding hydrogens is 214 g/mol. The van der Waals surface area contributed by atoms with Crippen molar-refractivity contribution in [3.8, 4) is 5.75 Å². The first-order valence-corrected chi connectivity index (χ1v) is 6.46. The van der Waals surface area contributed by atoms with Gasteiger partial charge in [-0.2, -0.15) is 5.10 Å². The summed E-state index contributed by atoms with van der Waals surface area (Å²) < 4.78 is 7.43. The lowest BCUT2D eigenvalue weighted by Crippen LogP contribution is -2.25. The minimum absolute atomic E-state index is 0.437. The molecule has 1 aromatic rings. The van der Waals surface area contributed by atoms with Crippen LogP contribution in [-0.4, -0.2) is 30.0 Å². The number of methoxy groups -OCH3 is 1. The minimum atomic E-state index is 0.437. The van der Waals surface area contributed by atoms with E-state index in [0.717, 1.165) is 25.4 Å². The second-order valence-corrected chi connectivity index (χ2v) is 4.49. The Hall–Kier alpha value is -1.03. The third-order valence-corrected chi connectivity index (χ3v) is 3.37. The third-order valence-electron chi connectivity index (χ3n) is 3.37. The highest BCUT2D eigenvalue weighted by molar-refractivity contribution is 5.28. The highest BCUT2D eigenvalue weighted by Gasteiger charge is 2.22. The van der Waals surface area contributed by atoms with E-state index in [2.05, 4.69) is 38.1 Å². The molecule has 0 radical (unpaired) electrons. The maximum Gasteiger partial charge on any atom is 0.160 e. The molecule has 1 rings (SSSR count). The molecule has 0 spiro atoms. The van der Waals surface area contributed by atoms with E-state index in [1.807, 2.05) is 10.9 Å². The van der Waals surface area contributed by atoms with Gasteiger partial charge >= 0.3 is 0 Å². The van der Waals surface area contributed by atoms with Crippen molar-refractivity contribution >= 4 is 0 Å². The highest BCUT2D eigenvalue weighted by Crippen LogP contribution is 2.31. The van der Waals surface area contributed by atoms with Gasteiger partial charge in [0.2, 0.25) is 0 Å². The number of rotatable bonds is 7. The first-order chi connectivity index (χ1) is 8.15. The quantitative estimate of drug-likeness (QED) is 0.793.